The fourth-order valence-corrected chi connectivity index (χ4v) is 8.90. The zero-order valence-electron chi connectivity index (χ0n) is 25.3. The van der Waals surface area contributed by atoms with Crippen LogP contribution in [0.1, 0.15) is 36.1 Å². The fourth-order valence-electron chi connectivity index (χ4n) is 5.66. The first-order chi connectivity index (χ1) is 22.1. The molecule has 0 saturated carbocycles. The Morgan fingerprint density at radius 1 is 0.978 bits per heavy atom. The molecule has 4 aromatic carbocycles. The van der Waals surface area contributed by atoms with E-state index in [0.29, 0.717) is 16.3 Å². The molecule has 5 aromatic rings. The maximum absolute atomic E-state index is 13.8. The highest BCUT2D eigenvalue weighted by atomic mass is 35.5. The molecule has 10 heteroatoms. The predicted molar refractivity (Wildman–Crippen MR) is 184 cm³/mol. The van der Waals surface area contributed by atoms with Crippen LogP contribution in [0, 0.1) is 17.2 Å². The lowest BCUT2D eigenvalue weighted by Crippen LogP contribution is -2.58. The van der Waals surface area contributed by atoms with E-state index in [-0.39, 0.29) is 41.7 Å². The maximum atomic E-state index is 13.8. The third-order valence-electron chi connectivity index (χ3n) is 8.11. The first kappa shape index (κ1) is 31.6. The van der Waals surface area contributed by atoms with Gasteiger partial charge in [-0.3, -0.25) is 4.79 Å². The lowest BCUT2D eigenvalue weighted by Gasteiger charge is -2.42. The van der Waals surface area contributed by atoms with Crippen LogP contribution in [0.3, 0.4) is 0 Å². The Bertz CT molecular complexity index is 2050. The molecule has 232 valence electrons. The predicted octanol–water partition coefficient (Wildman–Crippen LogP) is 7.65. The minimum absolute atomic E-state index is 0.0122. The van der Waals surface area contributed by atoms with E-state index in [1.807, 2.05) is 86.6 Å². The van der Waals surface area contributed by atoms with Crippen LogP contribution < -0.4 is 0 Å². The van der Waals surface area contributed by atoms with Gasteiger partial charge in [-0.05, 0) is 47.2 Å². The Kier molecular flexibility index (Phi) is 9.07. The molecule has 0 spiro atoms. The van der Waals surface area contributed by atoms with Crippen molar-refractivity contribution in [3.8, 4) is 6.07 Å². The van der Waals surface area contributed by atoms with Gasteiger partial charge in [0.05, 0.1) is 23.5 Å². The zero-order valence-corrected chi connectivity index (χ0v) is 27.7. The van der Waals surface area contributed by atoms with Gasteiger partial charge in [0.1, 0.15) is 10.3 Å². The minimum Gasteiger partial charge on any atom is -0.333 e. The molecule has 0 unspecified atom stereocenters. The Morgan fingerprint density at radius 2 is 1.65 bits per heavy atom. The average Bonchev–Trinajstić information content (AvgIpc) is 3.49. The smallest absolute Gasteiger partial charge is 0.253 e. The highest BCUT2D eigenvalue weighted by Crippen LogP contribution is 2.34. The number of carbonyl (C=O) groups excluding carboxylic acids is 1. The van der Waals surface area contributed by atoms with Crippen LogP contribution in [0.25, 0.3) is 10.1 Å². The molecule has 0 bridgehead atoms. The minimum atomic E-state index is -3.91. The number of piperazine rings is 1. The normalized spacial score (nSPS) is 15.7. The SMILES string of the molecule is CC(C)[C@@H]1CN(S(=O)(=O)c2cc3ccc(Cl)cc3s2)CC(=O)N1Cc1ccc(C#N)c(N=C(c2ccccc2)c2ccccc2)c1. The van der Waals surface area contributed by atoms with Gasteiger partial charge in [0.25, 0.3) is 10.0 Å². The molecule has 2 heterocycles. The van der Waals surface area contributed by atoms with Gasteiger partial charge in [0.2, 0.25) is 5.91 Å². The van der Waals surface area contributed by atoms with Gasteiger partial charge in [-0.1, -0.05) is 98.2 Å². The summed E-state index contributed by atoms with van der Waals surface area (Å²) < 4.78 is 29.8. The van der Waals surface area contributed by atoms with Gasteiger partial charge in [0, 0.05) is 40.0 Å². The number of fused-ring (bicyclic) bond motifs is 1. The van der Waals surface area contributed by atoms with E-state index in [9.17, 15) is 18.5 Å². The lowest BCUT2D eigenvalue weighted by atomic mass is 9.99. The number of sulfonamides is 1. The molecule has 1 fully saturated rings. The average molecular weight is 667 g/mol. The second-order valence-electron chi connectivity index (χ2n) is 11.5. The molecule has 0 aliphatic carbocycles. The number of amides is 1. The number of nitriles is 1. The summed E-state index contributed by atoms with van der Waals surface area (Å²) in [7, 11) is -3.91. The van der Waals surface area contributed by atoms with E-state index >= 15 is 0 Å². The molecule has 6 rings (SSSR count). The second-order valence-corrected chi connectivity index (χ2v) is 15.2. The van der Waals surface area contributed by atoms with E-state index in [1.165, 1.54) is 4.31 Å². The second kappa shape index (κ2) is 13.2. The summed E-state index contributed by atoms with van der Waals surface area (Å²) in [4.78, 5) is 20.5. The highest BCUT2D eigenvalue weighted by molar-refractivity contribution is 7.91. The van der Waals surface area contributed by atoms with Gasteiger partial charge >= 0.3 is 0 Å². The van der Waals surface area contributed by atoms with E-state index in [4.69, 9.17) is 16.6 Å². The quantitative estimate of drug-likeness (QED) is 0.159. The summed E-state index contributed by atoms with van der Waals surface area (Å²) in [5.74, 6) is -0.289. The summed E-state index contributed by atoms with van der Waals surface area (Å²) >= 11 is 7.28. The van der Waals surface area contributed by atoms with Crippen molar-refractivity contribution in [2.45, 2.75) is 30.6 Å². The van der Waals surface area contributed by atoms with Gasteiger partial charge in [-0.25, -0.2) is 13.4 Å². The van der Waals surface area contributed by atoms with Crippen molar-refractivity contribution in [3.63, 3.8) is 0 Å². The number of hydrogen-bond acceptors (Lipinski definition) is 6. The third kappa shape index (κ3) is 6.48. The Balaban J connectivity index is 1.30. The van der Waals surface area contributed by atoms with E-state index in [2.05, 4.69) is 6.07 Å². The first-order valence-electron chi connectivity index (χ1n) is 14.9. The Hall–Kier alpha value is -4.33. The number of rotatable bonds is 8. The molecule has 46 heavy (non-hydrogen) atoms. The largest absolute Gasteiger partial charge is 0.333 e. The van der Waals surface area contributed by atoms with Crippen molar-refractivity contribution in [3.05, 3.63) is 130 Å². The molecule has 1 amide bonds. The van der Waals surface area contributed by atoms with Crippen LogP contribution in [0.2, 0.25) is 5.02 Å². The van der Waals surface area contributed by atoms with E-state index < -0.39 is 10.0 Å². The van der Waals surface area contributed by atoms with Crippen molar-refractivity contribution >= 4 is 60.4 Å². The topological polar surface area (TPSA) is 93.8 Å². The molecule has 1 aromatic heterocycles. The number of benzene rings is 4. The van der Waals surface area contributed by atoms with Gasteiger partial charge in [0.15, 0.2) is 0 Å². The third-order valence-corrected chi connectivity index (χ3v) is 11.7. The zero-order chi connectivity index (χ0) is 32.4. The van der Waals surface area contributed by atoms with Crippen LogP contribution in [0.4, 0.5) is 5.69 Å². The Morgan fingerprint density at radius 3 is 2.28 bits per heavy atom. The summed E-state index contributed by atoms with van der Waals surface area (Å²) in [6.45, 7) is 4.16. The van der Waals surface area contributed by atoms with Gasteiger partial charge in [-0.15, -0.1) is 11.3 Å². The number of nitrogens with zero attached hydrogens (tertiary/aromatic N) is 4. The molecule has 1 atom stereocenters. The van der Waals surface area contributed by atoms with Crippen LogP contribution in [0.5, 0.6) is 0 Å². The van der Waals surface area contributed by atoms with Crippen LogP contribution in [-0.4, -0.2) is 48.4 Å². The lowest BCUT2D eigenvalue weighted by molar-refractivity contribution is -0.139. The summed E-state index contributed by atoms with van der Waals surface area (Å²) in [6, 6.07) is 33.8. The molecule has 1 saturated heterocycles. The molecule has 0 N–H and O–H groups in total. The summed E-state index contributed by atoms with van der Waals surface area (Å²) in [5.41, 5.74) is 4.28. The van der Waals surface area contributed by atoms with Crippen molar-refractivity contribution in [1.82, 2.24) is 9.21 Å². The van der Waals surface area contributed by atoms with Crippen molar-refractivity contribution < 1.29 is 13.2 Å². The number of carbonyl (C=O) groups is 1. The van der Waals surface area contributed by atoms with Crippen LogP contribution >= 0.6 is 22.9 Å². The van der Waals surface area contributed by atoms with E-state index in [0.717, 1.165) is 43.8 Å². The Labute approximate surface area is 278 Å². The van der Waals surface area contributed by atoms with Gasteiger partial charge in [-0.2, -0.15) is 9.57 Å². The molecule has 7 nitrogen and oxygen atoms in total. The standard InChI is InChI=1S/C36H31ClN4O3S2/c1-24(2)32-22-40(46(43,44)35-18-28-15-16-30(37)19-33(28)45-35)23-34(42)41(32)21-25-13-14-29(20-38)31(17-25)39-36(26-9-5-3-6-10-26)27-11-7-4-8-12-27/h3-19,24,32H,21-23H2,1-2H3/t32-/m0/s1. The van der Waals surface area contributed by atoms with Crippen molar-refractivity contribution in [1.29, 1.82) is 5.26 Å². The van der Waals surface area contributed by atoms with Crippen molar-refractivity contribution in [2.24, 2.45) is 10.9 Å². The highest BCUT2D eigenvalue weighted by Gasteiger charge is 2.40. The summed E-state index contributed by atoms with van der Waals surface area (Å²) in [6.07, 6.45) is 0. The number of hydrogen-bond donors (Lipinski definition) is 0. The number of aliphatic imine (C=N–C) groups is 1. The molecular formula is C36H31ClN4O3S2. The van der Waals surface area contributed by atoms with Gasteiger partial charge < -0.3 is 4.90 Å². The monoisotopic (exact) mass is 666 g/mol. The number of halogens is 1. The first-order valence-corrected chi connectivity index (χ1v) is 17.5. The number of thiophene rings is 1. The van der Waals surface area contributed by atoms with E-state index in [1.54, 1.807) is 35.2 Å². The van der Waals surface area contributed by atoms with Crippen LogP contribution in [0.15, 0.2) is 112 Å². The fraction of sp³-hybridized carbons (Fsp3) is 0.194. The van der Waals surface area contributed by atoms with Crippen molar-refractivity contribution in [2.75, 3.05) is 13.1 Å². The maximum Gasteiger partial charge on any atom is 0.253 e. The molecule has 1 aliphatic heterocycles. The summed E-state index contributed by atoms with van der Waals surface area (Å²) in [5, 5.41) is 11.3. The molecule has 1 aliphatic rings. The van der Waals surface area contributed by atoms with Crippen LogP contribution in [-0.2, 0) is 21.4 Å². The molecular weight excluding hydrogens is 636 g/mol. The molecule has 0 radical (unpaired) electrons.